The minimum Gasteiger partial charge on any atom is -0.497 e. The molecule has 6 nitrogen and oxygen atoms in total. The van der Waals surface area contributed by atoms with Crippen LogP contribution in [0.1, 0.15) is 33.7 Å². The summed E-state index contributed by atoms with van der Waals surface area (Å²) in [6.07, 6.45) is 2.50. The minimum atomic E-state index is -0.391. The summed E-state index contributed by atoms with van der Waals surface area (Å²) in [5.74, 6) is 0.166. The molecule has 1 aromatic carbocycles. The number of ketones is 1. The number of esters is 1. The van der Waals surface area contributed by atoms with Crippen molar-refractivity contribution >= 4 is 23.1 Å². The van der Waals surface area contributed by atoms with Crippen molar-refractivity contribution in [2.45, 2.75) is 26.7 Å². The van der Waals surface area contributed by atoms with Gasteiger partial charge in [0.25, 0.3) is 0 Å². The number of aromatic nitrogens is 2. The molecule has 3 rings (SSSR count). The first-order chi connectivity index (χ1) is 13.5. The predicted octanol–water partition coefficient (Wildman–Crippen LogP) is 3.92. The van der Waals surface area contributed by atoms with Gasteiger partial charge in [0.15, 0.2) is 11.7 Å². The molecule has 0 aliphatic rings. The summed E-state index contributed by atoms with van der Waals surface area (Å²) < 4.78 is 12.2. The number of carbonyl (C=O) groups excluding carboxylic acids is 2. The lowest BCUT2D eigenvalue weighted by Crippen LogP contribution is -2.15. The van der Waals surface area contributed by atoms with E-state index in [-0.39, 0.29) is 18.8 Å². The predicted molar refractivity (Wildman–Crippen MR) is 108 cm³/mol. The van der Waals surface area contributed by atoms with Crippen LogP contribution >= 0.6 is 11.3 Å². The van der Waals surface area contributed by atoms with Gasteiger partial charge in [-0.3, -0.25) is 14.2 Å². The quantitative estimate of drug-likeness (QED) is 0.425. The maximum atomic E-state index is 12.5. The Balaban J connectivity index is 1.55. The van der Waals surface area contributed by atoms with Crippen molar-refractivity contribution in [1.29, 1.82) is 0 Å². The summed E-state index contributed by atoms with van der Waals surface area (Å²) in [6.45, 7) is 3.53. The van der Waals surface area contributed by atoms with Gasteiger partial charge in [-0.05, 0) is 44.0 Å². The van der Waals surface area contributed by atoms with Crippen LogP contribution in [0.15, 0.2) is 41.9 Å². The smallest absolute Gasteiger partial charge is 0.306 e. The molecule has 28 heavy (non-hydrogen) atoms. The van der Waals surface area contributed by atoms with Crippen molar-refractivity contribution in [1.82, 2.24) is 9.55 Å². The molecule has 2 aromatic heterocycles. The highest BCUT2D eigenvalue weighted by atomic mass is 32.1. The molecule has 0 atom stereocenters. The zero-order valence-electron chi connectivity index (χ0n) is 16.1. The van der Waals surface area contributed by atoms with E-state index in [4.69, 9.17) is 9.47 Å². The standard InChI is InChI=1S/C21H22N2O4S/c1-14-12-18(15(2)23(14)21-22-10-11-28-21)19(24)13-27-20(25)9-6-16-4-7-17(26-3)8-5-16/h4-5,7-8,10-12H,6,9,13H2,1-3H3. The molecule has 0 fully saturated rings. The number of benzene rings is 1. The number of thiazole rings is 1. The molecule has 0 bridgehead atoms. The van der Waals surface area contributed by atoms with Gasteiger partial charge >= 0.3 is 5.97 Å². The molecule has 0 unspecified atom stereocenters. The summed E-state index contributed by atoms with van der Waals surface area (Å²) in [4.78, 5) is 28.8. The second-order valence-electron chi connectivity index (χ2n) is 6.37. The lowest BCUT2D eigenvalue weighted by molar-refractivity contribution is -0.142. The summed E-state index contributed by atoms with van der Waals surface area (Å²) in [5.41, 5.74) is 3.28. The first-order valence-corrected chi connectivity index (χ1v) is 9.78. The molecule has 0 saturated carbocycles. The fraction of sp³-hybridized carbons (Fsp3) is 0.286. The van der Waals surface area contributed by atoms with E-state index < -0.39 is 5.97 Å². The van der Waals surface area contributed by atoms with Crippen molar-refractivity contribution in [2.24, 2.45) is 0 Å². The van der Waals surface area contributed by atoms with Crippen molar-refractivity contribution in [3.63, 3.8) is 0 Å². The summed E-state index contributed by atoms with van der Waals surface area (Å²) in [6, 6.07) is 9.32. The van der Waals surface area contributed by atoms with Gasteiger partial charge in [0.2, 0.25) is 5.78 Å². The molecular formula is C21H22N2O4S. The third kappa shape index (κ3) is 4.48. The van der Waals surface area contributed by atoms with Crippen molar-refractivity contribution < 1.29 is 19.1 Å². The van der Waals surface area contributed by atoms with Crippen LogP contribution in [0.5, 0.6) is 5.75 Å². The molecule has 0 spiro atoms. The molecule has 0 amide bonds. The maximum Gasteiger partial charge on any atom is 0.306 e. The van der Waals surface area contributed by atoms with E-state index in [9.17, 15) is 9.59 Å². The van der Waals surface area contributed by atoms with Crippen molar-refractivity contribution in [3.05, 3.63) is 64.4 Å². The Morgan fingerprint density at radius 1 is 1.18 bits per heavy atom. The number of aryl methyl sites for hydroxylation is 2. The Kier molecular flexibility index (Phi) is 6.26. The van der Waals surface area contributed by atoms with Gasteiger partial charge in [0.05, 0.1) is 7.11 Å². The Morgan fingerprint density at radius 3 is 2.57 bits per heavy atom. The number of hydrogen-bond acceptors (Lipinski definition) is 6. The molecule has 3 aromatic rings. The average Bonchev–Trinajstić information content (AvgIpc) is 3.32. The monoisotopic (exact) mass is 398 g/mol. The molecule has 146 valence electrons. The summed E-state index contributed by atoms with van der Waals surface area (Å²) >= 11 is 1.50. The summed E-state index contributed by atoms with van der Waals surface area (Å²) in [7, 11) is 1.61. The number of methoxy groups -OCH3 is 1. The molecule has 0 aliphatic carbocycles. The highest BCUT2D eigenvalue weighted by molar-refractivity contribution is 7.12. The Labute approximate surface area is 167 Å². The van der Waals surface area contributed by atoms with Crippen molar-refractivity contribution in [2.75, 3.05) is 13.7 Å². The third-order valence-corrected chi connectivity index (χ3v) is 5.24. The largest absolute Gasteiger partial charge is 0.497 e. The van der Waals surface area contributed by atoms with E-state index in [2.05, 4.69) is 4.98 Å². The second-order valence-corrected chi connectivity index (χ2v) is 7.24. The van der Waals surface area contributed by atoms with Gasteiger partial charge in [-0.1, -0.05) is 12.1 Å². The Morgan fingerprint density at radius 2 is 1.93 bits per heavy atom. The van der Waals surface area contributed by atoms with E-state index in [0.29, 0.717) is 12.0 Å². The molecular weight excluding hydrogens is 376 g/mol. The number of carbonyl (C=O) groups is 2. The Bertz CT molecular complexity index is 959. The number of nitrogens with zero attached hydrogens (tertiary/aromatic N) is 2. The van der Waals surface area contributed by atoms with Crippen LogP contribution in [0.2, 0.25) is 0 Å². The van der Waals surface area contributed by atoms with Gasteiger partial charge < -0.3 is 9.47 Å². The fourth-order valence-corrected chi connectivity index (χ4v) is 3.75. The molecule has 2 heterocycles. The zero-order valence-corrected chi connectivity index (χ0v) is 16.9. The molecule has 0 N–H and O–H groups in total. The van der Waals surface area contributed by atoms with Crippen LogP contribution < -0.4 is 4.74 Å². The number of ether oxygens (including phenoxy) is 2. The number of hydrogen-bond donors (Lipinski definition) is 0. The van der Waals surface area contributed by atoms with Crippen LogP contribution in [0.25, 0.3) is 5.13 Å². The summed E-state index contributed by atoms with van der Waals surface area (Å²) in [5, 5.41) is 2.70. The van der Waals surface area contributed by atoms with E-state index in [1.807, 2.05) is 54.1 Å². The van der Waals surface area contributed by atoms with Gasteiger partial charge in [-0.25, -0.2) is 4.98 Å². The highest BCUT2D eigenvalue weighted by Crippen LogP contribution is 2.22. The normalized spacial score (nSPS) is 10.7. The van der Waals surface area contributed by atoms with Gasteiger partial charge in [-0.2, -0.15) is 0 Å². The SMILES string of the molecule is COc1ccc(CCC(=O)OCC(=O)c2cc(C)n(-c3nccs3)c2C)cc1. The minimum absolute atomic E-state index is 0.214. The zero-order chi connectivity index (χ0) is 20.1. The van der Waals surface area contributed by atoms with Crippen LogP contribution in [-0.2, 0) is 16.0 Å². The van der Waals surface area contributed by atoms with E-state index in [1.165, 1.54) is 11.3 Å². The van der Waals surface area contributed by atoms with E-state index in [0.717, 1.165) is 27.8 Å². The van der Waals surface area contributed by atoms with Crippen LogP contribution in [0.3, 0.4) is 0 Å². The first kappa shape index (κ1) is 19.8. The highest BCUT2D eigenvalue weighted by Gasteiger charge is 2.19. The molecule has 0 aliphatic heterocycles. The van der Waals surface area contributed by atoms with Crippen LogP contribution in [0, 0.1) is 13.8 Å². The maximum absolute atomic E-state index is 12.5. The second kappa shape index (κ2) is 8.84. The van der Waals surface area contributed by atoms with Crippen LogP contribution in [0.4, 0.5) is 0 Å². The van der Waals surface area contributed by atoms with E-state index in [1.54, 1.807) is 13.3 Å². The number of Topliss-reactive ketones (excluding diaryl/α,β-unsaturated/α-hetero) is 1. The molecule has 7 heteroatoms. The van der Waals surface area contributed by atoms with Crippen molar-refractivity contribution in [3.8, 4) is 10.9 Å². The van der Waals surface area contributed by atoms with E-state index >= 15 is 0 Å². The Hall–Kier alpha value is -2.93. The molecule has 0 radical (unpaired) electrons. The average molecular weight is 398 g/mol. The third-order valence-electron chi connectivity index (χ3n) is 4.48. The topological polar surface area (TPSA) is 70.4 Å². The van der Waals surface area contributed by atoms with Crippen LogP contribution in [-0.4, -0.2) is 35.0 Å². The van der Waals surface area contributed by atoms with Gasteiger partial charge in [-0.15, -0.1) is 11.3 Å². The first-order valence-electron chi connectivity index (χ1n) is 8.90. The lowest BCUT2D eigenvalue weighted by atomic mass is 10.1. The number of rotatable bonds is 8. The molecule has 0 saturated heterocycles. The van der Waals surface area contributed by atoms with Gasteiger partial charge in [0.1, 0.15) is 5.75 Å². The lowest BCUT2D eigenvalue weighted by Gasteiger charge is -2.07. The van der Waals surface area contributed by atoms with Gasteiger partial charge in [0, 0.05) is 34.9 Å². The fourth-order valence-electron chi connectivity index (χ4n) is 3.00.